The van der Waals surface area contributed by atoms with Gasteiger partial charge >= 0.3 is 0 Å². The maximum atomic E-state index is 11.7. The molecule has 7 nitrogen and oxygen atoms in total. The van der Waals surface area contributed by atoms with Crippen molar-refractivity contribution in [2.45, 2.75) is 46.3 Å². The van der Waals surface area contributed by atoms with Crippen LogP contribution in [0, 0.1) is 0 Å². The molecule has 0 aliphatic heterocycles. The van der Waals surface area contributed by atoms with E-state index in [4.69, 9.17) is 4.74 Å². The molecule has 0 radical (unpaired) electrons. The Morgan fingerprint density at radius 3 is 2.48 bits per heavy atom. The summed E-state index contributed by atoms with van der Waals surface area (Å²) in [6.07, 6.45) is 0.695. The number of guanidine groups is 1. The highest BCUT2D eigenvalue weighted by atomic mass is 32.2. The van der Waals surface area contributed by atoms with Gasteiger partial charge in [-0.3, -0.25) is 4.99 Å². The summed E-state index contributed by atoms with van der Waals surface area (Å²) in [4.78, 5) is 4.21. The third-order valence-corrected chi connectivity index (χ3v) is 5.70. The minimum atomic E-state index is -3.12. The van der Waals surface area contributed by atoms with Gasteiger partial charge in [0.25, 0.3) is 0 Å². The highest BCUT2D eigenvalue weighted by Gasteiger charge is 2.15. The number of benzene rings is 1. The average molecular weight is 399 g/mol. The molecule has 2 N–H and O–H groups in total. The first-order valence-corrected chi connectivity index (χ1v) is 10.9. The van der Waals surface area contributed by atoms with Crippen molar-refractivity contribution in [3.63, 3.8) is 0 Å². The first kappa shape index (κ1) is 23.2. The summed E-state index contributed by atoms with van der Waals surface area (Å²) < 4.78 is 30.9. The summed E-state index contributed by atoms with van der Waals surface area (Å²) in [5, 5.41) is 6.48. The van der Waals surface area contributed by atoms with Gasteiger partial charge in [-0.2, -0.15) is 0 Å². The number of nitrogens with zero attached hydrogens (tertiary/aromatic N) is 2. The Bertz CT molecular complexity index is 712. The van der Waals surface area contributed by atoms with E-state index in [1.807, 2.05) is 45.0 Å². The molecule has 0 saturated heterocycles. The molecular formula is C19H34N4O3S. The largest absolute Gasteiger partial charge is 0.488 e. The van der Waals surface area contributed by atoms with Gasteiger partial charge < -0.3 is 15.4 Å². The highest BCUT2D eigenvalue weighted by molar-refractivity contribution is 7.89. The molecule has 0 aromatic heterocycles. The summed E-state index contributed by atoms with van der Waals surface area (Å²) >= 11 is 0. The van der Waals surface area contributed by atoms with E-state index in [0.717, 1.165) is 11.3 Å². The smallest absolute Gasteiger partial charge is 0.213 e. The zero-order valence-corrected chi connectivity index (χ0v) is 18.2. The number of rotatable bonds is 9. The van der Waals surface area contributed by atoms with Crippen molar-refractivity contribution >= 4 is 16.0 Å². The molecule has 154 valence electrons. The van der Waals surface area contributed by atoms with Gasteiger partial charge in [-0.05, 0) is 40.2 Å². The molecule has 0 saturated carbocycles. The second kappa shape index (κ2) is 10.5. The van der Waals surface area contributed by atoms with Crippen molar-refractivity contribution in [3.8, 4) is 5.75 Å². The van der Waals surface area contributed by atoms with Crippen LogP contribution in [-0.2, 0) is 16.6 Å². The first-order chi connectivity index (χ1) is 12.6. The van der Waals surface area contributed by atoms with Gasteiger partial charge in [0.15, 0.2) is 5.96 Å². The molecule has 0 aliphatic carbocycles. The zero-order valence-electron chi connectivity index (χ0n) is 17.4. The molecule has 0 amide bonds. The van der Waals surface area contributed by atoms with E-state index in [-0.39, 0.29) is 11.4 Å². The molecule has 0 spiro atoms. The number of hydrogen-bond acceptors (Lipinski definition) is 4. The van der Waals surface area contributed by atoms with Gasteiger partial charge in [-0.25, -0.2) is 12.7 Å². The second-order valence-corrected chi connectivity index (χ2v) is 9.61. The lowest BCUT2D eigenvalue weighted by Crippen LogP contribution is -2.39. The fourth-order valence-electron chi connectivity index (χ4n) is 2.35. The lowest BCUT2D eigenvalue weighted by Gasteiger charge is -2.23. The standard InChI is InChI=1S/C19H34N4O3S/c1-7-27(24,25)23(6)14-10-13-21-18(20-5)22-15-16-11-8-9-12-17(16)26-19(2,3)4/h8-9,11-12H,7,10,13-15H2,1-6H3,(H2,20,21,22). The maximum absolute atomic E-state index is 11.7. The minimum absolute atomic E-state index is 0.121. The monoisotopic (exact) mass is 398 g/mol. The molecule has 0 unspecified atom stereocenters. The molecule has 1 aromatic rings. The van der Waals surface area contributed by atoms with Crippen LogP contribution in [0.15, 0.2) is 29.3 Å². The van der Waals surface area contributed by atoms with Crippen molar-refractivity contribution in [2.24, 2.45) is 4.99 Å². The van der Waals surface area contributed by atoms with Crippen LogP contribution >= 0.6 is 0 Å². The summed E-state index contributed by atoms with van der Waals surface area (Å²) in [5.41, 5.74) is 0.782. The van der Waals surface area contributed by atoms with Crippen LogP contribution in [0.25, 0.3) is 0 Å². The van der Waals surface area contributed by atoms with E-state index in [1.165, 1.54) is 4.31 Å². The summed E-state index contributed by atoms with van der Waals surface area (Å²) in [6.45, 7) is 9.40. The lowest BCUT2D eigenvalue weighted by atomic mass is 10.1. The molecular weight excluding hydrogens is 364 g/mol. The fraction of sp³-hybridized carbons (Fsp3) is 0.632. The molecule has 1 rings (SSSR count). The van der Waals surface area contributed by atoms with Gasteiger partial charge in [-0.1, -0.05) is 18.2 Å². The predicted octanol–water partition coefficient (Wildman–Crippen LogP) is 2.20. The lowest BCUT2D eigenvalue weighted by molar-refractivity contribution is 0.129. The summed E-state index contributed by atoms with van der Waals surface area (Å²) in [7, 11) is 0.193. The van der Waals surface area contributed by atoms with Crippen LogP contribution in [0.2, 0.25) is 0 Å². The van der Waals surface area contributed by atoms with Crippen LogP contribution in [0.1, 0.15) is 39.7 Å². The van der Waals surface area contributed by atoms with Crippen molar-refractivity contribution in [3.05, 3.63) is 29.8 Å². The van der Waals surface area contributed by atoms with E-state index in [0.29, 0.717) is 32.0 Å². The number of ether oxygens (including phenoxy) is 1. The number of nitrogens with one attached hydrogen (secondary N) is 2. The third-order valence-electron chi connectivity index (χ3n) is 3.84. The number of sulfonamides is 1. The Kier molecular flexibility index (Phi) is 9.05. The van der Waals surface area contributed by atoms with Crippen molar-refractivity contribution in [1.29, 1.82) is 0 Å². The first-order valence-electron chi connectivity index (χ1n) is 9.24. The normalized spacial score (nSPS) is 12.9. The molecule has 1 aromatic carbocycles. The Balaban J connectivity index is 2.50. The van der Waals surface area contributed by atoms with E-state index >= 15 is 0 Å². The third kappa shape index (κ3) is 8.62. The number of para-hydroxylation sites is 1. The molecule has 27 heavy (non-hydrogen) atoms. The Morgan fingerprint density at radius 1 is 1.22 bits per heavy atom. The van der Waals surface area contributed by atoms with Gasteiger partial charge in [0.1, 0.15) is 11.4 Å². The van der Waals surface area contributed by atoms with E-state index < -0.39 is 10.0 Å². The highest BCUT2D eigenvalue weighted by Crippen LogP contribution is 2.22. The topological polar surface area (TPSA) is 83.0 Å². The predicted molar refractivity (Wildman–Crippen MR) is 112 cm³/mol. The van der Waals surface area contributed by atoms with Gasteiger partial charge in [-0.15, -0.1) is 0 Å². The van der Waals surface area contributed by atoms with E-state index in [1.54, 1.807) is 21.0 Å². The van der Waals surface area contributed by atoms with Crippen LogP contribution in [0.5, 0.6) is 5.75 Å². The SMILES string of the molecule is CCS(=O)(=O)N(C)CCCNC(=NC)NCc1ccccc1OC(C)(C)C. The Morgan fingerprint density at radius 2 is 1.89 bits per heavy atom. The molecule has 0 atom stereocenters. The van der Waals surface area contributed by atoms with Crippen LogP contribution in [-0.4, -0.2) is 57.2 Å². The van der Waals surface area contributed by atoms with E-state index in [2.05, 4.69) is 15.6 Å². The second-order valence-electron chi connectivity index (χ2n) is 7.25. The minimum Gasteiger partial charge on any atom is -0.488 e. The number of hydrogen-bond donors (Lipinski definition) is 2. The Hall–Kier alpha value is -1.80. The maximum Gasteiger partial charge on any atom is 0.213 e. The van der Waals surface area contributed by atoms with Crippen molar-refractivity contribution < 1.29 is 13.2 Å². The van der Waals surface area contributed by atoms with Gasteiger partial charge in [0.2, 0.25) is 10.0 Å². The molecule has 0 bridgehead atoms. The van der Waals surface area contributed by atoms with Gasteiger partial charge in [0, 0.05) is 39.3 Å². The van der Waals surface area contributed by atoms with Crippen LogP contribution < -0.4 is 15.4 Å². The zero-order chi connectivity index (χ0) is 20.5. The van der Waals surface area contributed by atoms with Crippen LogP contribution in [0.3, 0.4) is 0 Å². The average Bonchev–Trinajstić information content (AvgIpc) is 2.60. The van der Waals surface area contributed by atoms with Crippen LogP contribution in [0.4, 0.5) is 0 Å². The fourth-order valence-corrected chi connectivity index (χ4v) is 3.19. The molecule has 0 heterocycles. The molecule has 0 aliphatic rings. The summed E-state index contributed by atoms with van der Waals surface area (Å²) in [5.74, 6) is 1.64. The van der Waals surface area contributed by atoms with Gasteiger partial charge in [0.05, 0.1) is 5.75 Å². The summed E-state index contributed by atoms with van der Waals surface area (Å²) in [6, 6.07) is 7.92. The van der Waals surface area contributed by atoms with Crippen molar-refractivity contribution in [1.82, 2.24) is 14.9 Å². The Labute approximate surface area is 164 Å². The molecule has 0 fully saturated rings. The van der Waals surface area contributed by atoms with Crippen molar-refractivity contribution in [2.75, 3.05) is 32.9 Å². The number of aliphatic imine (C=N–C) groups is 1. The quantitative estimate of drug-likeness (QED) is 0.379. The molecule has 8 heteroatoms. The van der Waals surface area contributed by atoms with E-state index in [9.17, 15) is 8.42 Å².